The Kier molecular flexibility index (Phi) is 6.20. The van der Waals surface area contributed by atoms with Crippen LogP contribution in [0.2, 0.25) is 0 Å². The smallest absolute Gasteiger partial charge is 0.234 e. The molecule has 0 aliphatic carbocycles. The summed E-state index contributed by atoms with van der Waals surface area (Å²) in [5.41, 5.74) is 1.72. The number of aliphatic hydroxyl groups excluding tert-OH is 1. The summed E-state index contributed by atoms with van der Waals surface area (Å²) in [6.07, 6.45) is 1.69. The molecule has 3 rings (SSSR count). The Labute approximate surface area is 159 Å². The van der Waals surface area contributed by atoms with Crippen molar-refractivity contribution in [2.75, 3.05) is 11.1 Å². The summed E-state index contributed by atoms with van der Waals surface area (Å²) in [6.45, 7) is 0.209. The van der Waals surface area contributed by atoms with Crippen molar-refractivity contribution in [2.24, 2.45) is 0 Å². The minimum atomic E-state index is -0.428. The lowest BCUT2D eigenvalue weighted by Gasteiger charge is -2.08. The van der Waals surface area contributed by atoms with Gasteiger partial charge in [0.1, 0.15) is 11.6 Å². The van der Waals surface area contributed by atoms with E-state index in [1.807, 2.05) is 0 Å². The molecule has 0 fully saturated rings. The number of hydrogen-bond donors (Lipinski definition) is 2. The van der Waals surface area contributed by atoms with Gasteiger partial charge in [-0.1, -0.05) is 30.0 Å². The molecule has 2 aromatic carbocycles. The van der Waals surface area contributed by atoms with E-state index in [1.54, 1.807) is 29.0 Å². The monoisotopic (exact) mass is 389 g/mol. The molecule has 0 aliphatic rings. The number of carbonyl (C=O) groups excluding carboxylic acids is 1. The molecule has 0 bridgehead atoms. The van der Waals surface area contributed by atoms with Crippen LogP contribution in [0.4, 0.5) is 14.5 Å². The number of rotatable bonds is 7. The normalized spacial score (nSPS) is 10.8. The second kappa shape index (κ2) is 8.79. The van der Waals surface area contributed by atoms with Gasteiger partial charge >= 0.3 is 0 Å². The SMILES string of the molecule is O=C(CSc1nc(CO)cn1Cc1ccc(F)cc1)Nc1cccc(F)c1. The first kappa shape index (κ1) is 19.1. The Morgan fingerprint density at radius 2 is 1.93 bits per heavy atom. The van der Waals surface area contributed by atoms with E-state index in [4.69, 9.17) is 0 Å². The number of halogens is 2. The first-order valence-electron chi connectivity index (χ1n) is 8.13. The topological polar surface area (TPSA) is 67.1 Å². The van der Waals surface area contributed by atoms with Crippen LogP contribution in [-0.2, 0) is 17.9 Å². The number of aromatic nitrogens is 2. The number of carbonyl (C=O) groups is 1. The van der Waals surface area contributed by atoms with Gasteiger partial charge in [0.2, 0.25) is 5.91 Å². The number of imidazole rings is 1. The number of nitrogens with one attached hydrogen (secondary N) is 1. The molecule has 1 heterocycles. The lowest BCUT2D eigenvalue weighted by atomic mass is 10.2. The fourth-order valence-electron chi connectivity index (χ4n) is 2.44. The maximum absolute atomic E-state index is 13.2. The van der Waals surface area contributed by atoms with Gasteiger partial charge in [-0.2, -0.15) is 0 Å². The van der Waals surface area contributed by atoms with Crippen LogP contribution in [0.15, 0.2) is 59.9 Å². The van der Waals surface area contributed by atoms with Gasteiger partial charge in [0, 0.05) is 18.4 Å². The van der Waals surface area contributed by atoms with Gasteiger partial charge < -0.3 is 15.0 Å². The molecule has 140 valence electrons. The number of nitrogens with zero attached hydrogens (tertiary/aromatic N) is 2. The highest BCUT2D eigenvalue weighted by Gasteiger charge is 2.12. The summed E-state index contributed by atoms with van der Waals surface area (Å²) in [4.78, 5) is 16.4. The van der Waals surface area contributed by atoms with E-state index in [0.29, 0.717) is 23.1 Å². The molecule has 1 aromatic heterocycles. The van der Waals surface area contributed by atoms with Gasteiger partial charge in [0.15, 0.2) is 5.16 Å². The Hall–Kier alpha value is -2.71. The van der Waals surface area contributed by atoms with Crippen LogP contribution in [0.5, 0.6) is 0 Å². The van der Waals surface area contributed by atoms with E-state index in [2.05, 4.69) is 10.3 Å². The predicted molar refractivity (Wildman–Crippen MR) is 99.4 cm³/mol. The van der Waals surface area contributed by atoms with Crippen molar-refractivity contribution < 1.29 is 18.7 Å². The lowest BCUT2D eigenvalue weighted by molar-refractivity contribution is -0.113. The van der Waals surface area contributed by atoms with Crippen LogP contribution in [0.1, 0.15) is 11.3 Å². The second-order valence-corrected chi connectivity index (χ2v) is 6.72. The van der Waals surface area contributed by atoms with Gasteiger partial charge in [-0.15, -0.1) is 0 Å². The lowest BCUT2D eigenvalue weighted by Crippen LogP contribution is -2.14. The first-order valence-corrected chi connectivity index (χ1v) is 9.11. The van der Waals surface area contributed by atoms with E-state index in [1.165, 1.54) is 42.1 Å². The van der Waals surface area contributed by atoms with Crippen LogP contribution in [0.25, 0.3) is 0 Å². The standard InChI is InChI=1S/C19H17F2N3O2S/c20-14-6-4-13(5-7-14)9-24-10-17(11-25)23-19(24)27-12-18(26)22-16-3-1-2-15(21)8-16/h1-8,10,25H,9,11-12H2,(H,22,26). The van der Waals surface area contributed by atoms with E-state index in [9.17, 15) is 18.7 Å². The van der Waals surface area contributed by atoms with Crippen molar-refractivity contribution in [2.45, 2.75) is 18.3 Å². The van der Waals surface area contributed by atoms with Crippen molar-refractivity contribution in [1.29, 1.82) is 0 Å². The van der Waals surface area contributed by atoms with Gasteiger partial charge in [-0.25, -0.2) is 13.8 Å². The maximum atomic E-state index is 13.2. The second-order valence-electron chi connectivity index (χ2n) is 5.77. The van der Waals surface area contributed by atoms with Crippen LogP contribution in [0.3, 0.4) is 0 Å². The van der Waals surface area contributed by atoms with Crippen molar-refractivity contribution in [3.05, 3.63) is 77.6 Å². The Morgan fingerprint density at radius 1 is 1.15 bits per heavy atom. The summed E-state index contributed by atoms with van der Waals surface area (Å²) in [6, 6.07) is 11.7. The zero-order chi connectivity index (χ0) is 19.2. The zero-order valence-electron chi connectivity index (χ0n) is 14.2. The number of hydrogen-bond acceptors (Lipinski definition) is 4. The third kappa shape index (κ3) is 5.38. The molecule has 0 spiro atoms. The molecular weight excluding hydrogens is 372 g/mol. The molecule has 0 atom stereocenters. The van der Waals surface area contributed by atoms with Gasteiger partial charge in [-0.05, 0) is 35.9 Å². The molecular formula is C19H17F2N3O2S. The molecule has 0 unspecified atom stereocenters. The molecule has 0 aliphatic heterocycles. The third-order valence-electron chi connectivity index (χ3n) is 3.66. The third-order valence-corrected chi connectivity index (χ3v) is 4.65. The van der Waals surface area contributed by atoms with E-state index >= 15 is 0 Å². The molecule has 2 N–H and O–H groups in total. The summed E-state index contributed by atoms with van der Waals surface area (Å²) < 4.78 is 28.0. The summed E-state index contributed by atoms with van der Waals surface area (Å²) in [7, 11) is 0. The first-order chi connectivity index (χ1) is 13.0. The summed E-state index contributed by atoms with van der Waals surface area (Å²) in [5.74, 6) is -0.971. The Bertz CT molecular complexity index is 929. The quantitative estimate of drug-likeness (QED) is 0.608. The molecule has 8 heteroatoms. The number of anilines is 1. The van der Waals surface area contributed by atoms with Crippen molar-refractivity contribution in [3.8, 4) is 0 Å². The molecule has 27 heavy (non-hydrogen) atoms. The highest BCUT2D eigenvalue weighted by atomic mass is 32.2. The fourth-order valence-corrected chi connectivity index (χ4v) is 3.23. The number of benzene rings is 2. The Balaban J connectivity index is 1.66. The Morgan fingerprint density at radius 3 is 2.63 bits per heavy atom. The number of amides is 1. The van der Waals surface area contributed by atoms with Gasteiger partial charge in [0.05, 0.1) is 18.1 Å². The van der Waals surface area contributed by atoms with Crippen molar-refractivity contribution in [3.63, 3.8) is 0 Å². The van der Waals surface area contributed by atoms with E-state index in [-0.39, 0.29) is 24.1 Å². The highest BCUT2D eigenvalue weighted by Crippen LogP contribution is 2.20. The average molecular weight is 389 g/mol. The summed E-state index contributed by atoms with van der Waals surface area (Å²) in [5, 5.41) is 12.5. The highest BCUT2D eigenvalue weighted by molar-refractivity contribution is 7.99. The molecule has 3 aromatic rings. The predicted octanol–water partition coefficient (Wildman–Crippen LogP) is 3.43. The molecule has 5 nitrogen and oxygen atoms in total. The van der Waals surface area contributed by atoms with Crippen LogP contribution in [0, 0.1) is 11.6 Å². The number of aliphatic hydroxyl groups is 1. The molecule has 0 saturated heterocycles. The molecule has 0 radical (unpaired) electrons. The fraction of sp³-hybridized carbons (Fsp3) is 0.158. The minimum absolute atomic E-state index is 0.0712. The van der Waals surface area contributed by atoms with Gasteiger partial charge in [0.25, 0.3) is 0 Å². The van der Waals surface area contributed by atoms with E-state index in [0.717, 1.165) is 5.56 Å². The van der Waals surface area contributed by atoms with E-state index < -0.39 is 5.82 Å². The van der Waals surface area contributed by atoms with Crippen molar-refractivity contribution >= 4 is 23.4 Å². The van der Waals surface area contributed by atoms with Crippen LogP contribution in [-0.4, -0.2) is 26.3 Å². The minimum Gasteiger partial charge on any atom is -0.390 e. The van der Waals surface area contributed by atoms with Crippen molar-refractivity contribution in [1.82, 2.24) is 9.55 Å². The molecule has 1 amide bonds. The summed E-state index contributed by atoms with van der Waals surface area (Å²) >= 11 is 1.20. The maximum Gasteiger partial charge on any atom is 0.234 e. The number of thioether (sulfide) groups is 1. The average Bonchev–Trinajstić information content (AvgIpc) is 3.04. The largest absolute Gasteiger partial charge is 0.390 e. The zero-order valence-corrected chi connectivity index (χ0v) is 15.0. The van der Waals surface area contributed by atoms with Gasteiger partial charge in [-0.3, -0.25) is 4.79 Å². The van der Waals surface area contributed by atoms with Crippen LogP contribution < -0.4 is 5.32 Å². The van der Waals surface area contributed by atoms with Crippen LogP contribution >= 0.6 is 11.8 Å². The molecule has 0 saturated carbocycles.